The van der Waals surface area contributed by atoms with E-state index in [1.165, 1.54) is 10.6 Å². The fourth-order valence-electron chi connectivity index (χ4n) is 4.14. The summed E-state index contributed by atoms with van der Waals surface area (Å²) >= 11 is 6.18. The molecular formula is C24H28ClF2N5O3. The highest BCUT2D eigenvalue weighted by Gasteiger charge is 2.26. The number of aromatic nitrogens is 4. The number of carbonyl (C=O) groups excluding carboxylic acids is 1. The second-order valence-corrected chi connectivity index (χ2v) is 9.99. The molecule has 0 saturated heterocycles. The highest BCUT2D eigenvalue weighted by Crippen LogP contribution is 2.29. The first-order valence-electron chi connectivity index (χ1n) is 11.5. The van der Waals surface area contributed by atoms with Gasteiger partial charge in [0.15, 0.2) is 5.82 Å². The average Bonchev–Trinajstić information content (AvgIpc) is 3.17. The summed E-state index contributed by atoms with van der Waals surface area (Å²) in [5, 5.41) is 2.99. The zero-order chi connectivity index (χ0) is 25.2. The van der Waals surface area contributed by atoms with E-state index < -0.39 is 23.9 Å². The van der Waals surface area contributed by atoms with Crippen molar-refractivity contribution >= 4 is 28.7 Å². The Kier molecular flexibility index (Phi) is 7.39. The molecule has 0 radical (unpaired) electrons. The number of hydrogen-bond acceptors (Lipinski definition) is 6. The topological polar surface area (TPSA) is 91.2 Å². The van der Waals surface area contributed by atoms with Crippen LogP contribution in [0.25, 0.3) is 16.9 Å². The van der Waals surface area contributed by atoms with Crippen LogP contribution in [0.5, 0.6) is 6.01 Å². The number of imidazole rings is 1. The number of nitrogens with zero attached hydrogens (tertiary/aromatic N) is 4. The molecule has 1 amide bonds. The zero-order valence-electron chi connectivity index (χ0n) is 19.8. The van der Waals surface area contributed by atoms with Crippen molar-refractivity contribution in [1.82, 2.24) is 24.8 Å². The van der Waals surface area contributed by atoms with Gasteiger partial charge in [-0.2, -0.15) is 9.97 Å². The Bertz CT molecular complexity index is 1190. The third kappa shape index (κ3) is 6.36. The number of benzene rings is 1. The number of hydrogen-bond donors (Lipinski definition) is 1. The summed E-state index contributed by atoms with van der Waals surface area (Å²) in [6.45, 7) is 5.83. The Hall–Kier alpha value is -3.01. The van der Waals surface area contributed by atoms with E-state index in [1.54, 1.807) is 24.3 Å². The molecule has 1 saturated carbocycles. The fourth-order valence-corrected chi connectivity index (χ4v) is 4.31. The first-order valence-corrected chi connectivity index (χ1v) is 11.9. The SMILES string of the molecule is CC(C)(C)OC(=O)NC1CCC(COc2nc(Cl)cc(-n3c(C(F)F)nc4ccccc43)n2)CC1. The van der Waals surface area contributed by atoms with Crippen LogP contribution < -0.4 is 10.1 Å². The molecule has 0 unspecified atom stereocenters. The maximum absolute atomic E-state index is 13.7. The molecule has 0 bridgehead atoms. The van der Waals surface area contributed by atoms with Gasteiger partial charge in [0.1, 0.15) is 16.6 Å². The smallest absolute Gasteiger partial charge is 0.407 e. The molecule has 11 heteroatoms. The van der Waals surface area contributed by atoms with Gasteiger partial charge in [0, 0.05) is 12.1 Å². The number of fused-ring (bicyclic) bond motifs is 1. The molecule has 0 atom stereocenters. The summed E-state index contributed by atoms with van der Waals surface area (Å²) in [5.74, 6) is -0.0274. The quantitative estimate of drug-likeness (QED) is 0.420. The van der Waals surface area contributed by atoms with Crippen LogP contribution in [0.15, 0.2) is 30.3 Å². The predicted octanol–water partition coefficient (Wildman–Crippen LogP) is 5.87. The van der Waals surface area contributed by atoms with Gasteiger partial charge in [-0.15, -0.1) is 0 Å². The van der Waals surface area contributed by atoms with Crippen molar-refractivity contribution in [2.24, 2.45) is 5.92 Å². The molecule has 1 fully saturated rings. The fraction of sp³-hybridized carbons (Fsp3) is 0.500. The molecule has 35 heavy (non-hydrogen) atoms. The lowest BCUT2D eigenvalue weighted by atomic mass is 9.86. The van der Waals surface area contributed by atoms with E-state index in [4.69, 9.17) is 21.1 Å². The number of amides is 1. The van der Waals surface area contributed by atoms with Crippen LogP contribution in [-0.2, 0) is 4.74 Å². The van der Waals surface area contributed by atoms with Gasteiger partial charge in [-0.3, -0.25) is 4.57 Å². The van der Waals surface area contributed by atoms with Crippen LogP contribution in [0.2, 0.25) is 5.15 Å². The zero-order valence-corrected chi connectivity index (χ0v) is 20.6. The minimum absolute atomic E-state index is 0.0134. The molecule has 188 valence electrons. The Balaban J connectivity index is 1.41. The summed E-state index contributed by atoms with van der Waals surface area (Å²) in [6, 6.07) is 8.29. The lowest BCUT2D eigenvalue weighted by Crippen LogP contribution is -2.41. The lowest BCUT2D eigenvalue weighted by molar-refractivity contribution is 0.0483. The Morgan fingerprint density at radius 3 is 2.57 bits per heavy atom. The lowest BCUT2D eigenvalue weighted by Gasteiger charge is -2.29. The van der Waals surface area contributed by atoms with Gasteiger partial charge >= 0.3 is 12.1 Å². The second-order valence-electron chi connectivity index (χ2n) is 9.60. The van der Waals surface area contributed by atoms with Gasteiger partial charge in [0.2, 0.25) is 0 Å². The summed E-state index contributed by atoms with van der Waals surface area (Å²) in [4.78, 5) is 24.5. The number of carbonyl (C=O) groups is 1. The van der Waals surface area contributed by atoms with Crippen LogP contribution in [0.1, 0.15) is 58.7 Å². The molecule has 2 aromatic heterocycles. The second kappa shape index (κ2) is 10.3. The van der Waals surface area contributed by atoms with Crippen molar-refractivity contribution in [2.75, 3.05) is 6.61 Å². The maximum Gasteiger partial charge on any atom is 0.407 e. The van der Waals surface area contributed by atoms with Gasteiger partial charge in [0.05, 0.1) is 17.6 Å². The number of rotatable bonds is 6. The average molecular weight is 508 g/mol. The van der Waals surface area contributed by atoms with Crippen molar-refractivity contribution < 1.29 is 23.0 Å². The number of nitrogens with one attached hydrogen (secondary N) is 1. The molecule has 3 aromatic rings. The van der Waals surface area contributed by atoms with E-state index in [0.717, 1.165) is 25.7 Å². The minimum Gasteiger partial charge on any atom is -0.463 e. The van der Waals surface area contributed by atoms with E-state index in [1.807, 2.05) is 20.8 Å². The molecule has 0 aliphatic heterocycles. The van der Waals surface area contributed by atoms with E-state index in [9.17, 15) is 13.6 Å². The van der Waals surface area contributed by atoms with Gasteiger partial charge in [-0.1, -0.05) is 23.7 Å². The van der Waals surface area contributed by atoms with Crippen molar-refractivity contribution in [2.45, 2.75) is 64.5 Å². The van der Waals surface area contributed by atoms with E-state index in [-0.39, 0.29) is 28.9 Å². The summed E-state index contributed by atoms with van der Waals surface area (Å²) in [7, 11) is 0. The normalized spacial score (nSPS) is 18.6. The summed E-state index contributed by atoms with van der Waals surface area (Å²) in [5.41, 5.74) is 0.375. The highest BCUT2D eigenvalue weighted by molar-refractivity contribution is 6.29. The van der Waals surface area contributed by atoms with E-state index in [0.29, 0.717) is 17.6 Å². The summed E-state index contributed by atoms with van der Waals surface area (Å²) < 4.78 is 39.8. The molecule has 1 aliphatic rings. The molecule has 1 aromatic carbocycles. The number of para-hydroxylation sites is 2. The third-order valence-electron chi connectivity index (χ3n) is 5.69. The molecule has 2 heterocycles. The summed E-state index contributed by atoms with van der Waals surface area (Å²) in [6.07, 6.45) is 0.0734. The van der Waals surface area contributed by atoms with Crippen molar-refractivity contribution in [3.63, 3.8) is 0 Å². The van der Waals surface area contributed by atoms with Gasteiger partial charge in [-0.05, 0) is 64.5 Å². The number of alkyl halides is 2. The van der Waals surface area contributed by atoms with Crippen LogP contribution >= 0.6 is 11.6 Å². The number of ether oxygens (including phenoxy) is 2. The van der Waals surface area contributed by atoms with Gasteiger partial charge in [0.25, 0.3) is 6.43 Å². The van der Waals surface area contributed by atoms with Crippen LogP contribution in [0.3, 0.4) is 0 Å². The predicted molar refractivity (Wildman–Crippen MR) is 127 cm³/mol. The maximum atomic E-state index is 13.7. The highest BCUT2D eigenvalue weighted by atomic mass is 35.5. The first-order chi connectivity index (χ1) is 16.6. The largest absolute Gasteiger partial charge is 0.463 e. The minimum atomic E-state index is -2.80. The molecule has 1 aliphatic carbocycles. The molecule has 1 N–H and O–H groups in total. The van der Waals surface area contributed by atoms with E-state index >= 15 is 0 Å². The third-order valence-corrected chi connectivity index (χ3v) is 5.88. The molecule has 8 nitrogen and oxygen atoms in total. The van der Waals surface area contributed by atoms with Crippen LogP contribution in [0.4, 0.5) is 13.6 Å². The van der Waals surface area contributed by atoms with Crippen molar-refractivity contribution in [3.8, 4) is 11.8 Å². The first kappa shape index (κ1) is 25.1. The molecular weight excluding hydrogens is 480 g/mol. The molecule has 4 rings (SSSR count). The van der Waals surface area contributed by atoms with Crippen molar-refractivity contribution in [1.29, 1.82) is 0 Å². The number of halogens is 3. The monoisotopic (exact) mass is 507 g/mol. The van der Waals surface area contributed by atoms with Gasteiger partial charge in [-0.25, -0.2) is 18.6 Å². The standard InChI is InChI=1S/C24H28ClF2N5O3/c1-24(2,3)35-23(33)28-15-10-8-14(9-11-15)13-34-22-30-18(25)12-19(31-22)32-17-7-5-4-6-16(17)29-21(32)20(26)27/h4-7,12,14-15,20H,8-11,13H2,1-3H3,(H,28,33). The Morgan fingerprint density at radius 1 is 1.17 bits per heavy atom. The number of alkyl carbamates (subject to hydrolysis) is 1. The van der Waals surface area contributed by atoms with Crippen LogP contribution in [-0.4, -0.2) is 43.9 Å². The Morgan fingerprint density at radius 2 is 1.89 bits per heavy atom. The van der Waals surface area contributed by atoms with Crippen molar-refractivity contribution in [3.05, 3.63) is 41.3 Å². The molecule has 0 spiro atoms. The van der Waals surface area contributed by atoms with E-state index in [2.05, 4.69) is 20.3 Å². The van der Waals surface area contributed by atoms with Gasteiger partial charge < -0.3 is 14.8 Å². The Labute approximate surface area is 207 Å². The van der Waals surface area contributed by atoms with Crippen LogP contribution in [0, 0.1) is 5.92 Å².